The number of fused-ring (bicyclic) bond motifs is 1. The summed E-state index contributed by atoms with van der Waals surface area (Å²) in [6.07, 6.45) is 10.8. The number of piperazine rings is 1. The van der Waals surface area contributed by atoms with Gasteiger partial charge in [0.2, 0.25) is 11.8 Å². The van der Waals surface area contributed by atoms with Crippen LogP contribution in [0.4, 0.5) is 0 Å². The van der Waals surface area contributed by atoms with E-state index in [0.29, 0.717) is 31.1 Å². The minimum Gasteiger partial charge on any atom is -0.393 e. The van der Waals surface area contributed by atoms with Crippen molar-refractivity contribution < 1.29 is 24.9 Å². The molecule has 0 bridgehead atoms. The Kier molecular flexibility index (Phi) is 8.83. The van der Waals surface area contributed by atoms with Crippen LogP contribution in [0.15, 0.2) is 0 Å². The van der Waals surface area contributed by atoms with Gasteiger partial charge in [-0.15, -0.1) is 0 Å². The summed E-state index contributed by atoms with van der Waals surface area (Å²) >= 11 is 0. The molecule has 5 N–H and O–H groups in total. The van der Waals surface area contributed by atoms with E-state index in [0.717, 1.165) is 77.8 Å². The van der Waals surface area contributed by atoms with Gasteiger partial charge in [-0.2, -0.15) is 0 Å². The quantitative estimate of drug-likeness (QED) is 0.334. The van der Waals surface area contributed by atoms with Gasteiger partial charge in [-0.25, -0.2) is 0 Å². The number of amides is 2. The van der Waals surface area contributed by atoms with Gasteiger partial charge in [0.25, 0.3) is 0 Å². The Hall–Kier alpha value is -1.26. The zero-order valence-corrected chi connectivity index (χ0v) is 22.4. The zero-order valence-electron chi connectivity index (χ0n) is 22.4. The number of rotatable bonds is 6. The number of nitrogens with one attached hydrogen (secondary N) is 2. The number of quaternary nitrogens is 2. The van der Waals surface area contributed by atoms with Crippen LogP contribution in [0.2, 0.25) is 0 Å². The van der Waals surface area contributed by atoms with Crippen molar-refractivity contribution in [1.82, 2.24) is 20.0 Å². The molecule has 0 spiro atoms. The van der Waals surface area contributed by atoms with Crippen molar-refractivity contribution in [3.8, 4) is 0 Å². The van der Waals surface area contributed by atoms with Gasteiger partial charge in [-0.1, -0.05) is 0 Å². The van der Waals surface area contributed by atoms with Crippen LogP contribution in [0.1, 0.15) is 64.2 Å². The molecule has 9 nitrogen and oxygen atoms in total. The van der Waals surface area contributed by atoms with E-state index in [2.05, 4.69) is 32.4 Å². The second kappa shape index (κ2) is 12.1. The Labute approximate surface area is 216 Å². The number of carbonyl (C=O) groups is 2. The van der Waals surface area contributed by atoms with E-state index >= 15 is 0 Å². The van der Waals surface area contributed by atoms with Crippen molar-refractivity contribution >= 4 is 11.8 Å². The number of carbonyl (C=O) groups excluding carboxylic acids is 2. The van der Waals surface area contributed by atoms with Crippen LogP contribution in [0.3, 0.4) is 0 Å². The van der Waals surface area contributed by atoms with Crippen LogP contribution in [-0.2, 0) is 9.59 Å². The molecule has 0 aromatic rings. The lowest BCUT2D eigenvalue weighted by atomic mass is 9.87. The van der Waals surface area contributed by atoms with Crippen LogP contribution in [0, 0.1) is 5.92 Å². The third-order valence-corrected chi connectivity index (χ3v) is 10.1. The minimum absolute atomic E-state index is 0.0535. The molecule has 5 fully saturated rings. The maximum atomic E-state index is 13.1. The smallest absolute Gasteiger partial charge is 0.243 e. The molecule has 5 rings (SSSR count). The summed E-state index contributed by atoms with van der Waals surface area (Å²) in [5.41, 5.74) is 0. The molecule has 36 heavy (non-hydrogen) atoms. The standard InChI is InChI=1S/C27H48N6O3/c1-30-21(7-10-25(35)32-16-14-31(15-17-32)24-4-2-3-12-28-24)18-29-27(36)26-23(30)11-13-33(26)19-20-5-8-22(34)9-6-20/h20-24,26,28,34H,2-19H2,1H3,(H,29,36)/p+2. The molecule has 1 saturated carbocycles. The van der Waals surface area contributed by atoms with Crippen molar-refractivity contribution in [3.63, 3.8) is 0 Å². The highest BCUT2D eigenvalue weighted by molar-refractivity contribution is 5.83. The van der Waals surface area contributed by atoms with Crippen LogP contribution in [0.25, 0.3) is 0 Å². The van der Waals surface area contributed by atoms with E-state index in [1.165, 1.54) is 30.7 Å². The summed E-state index contributed by atoms with van der Waals surface area (Å²) in [6.45, 7) is 7.56. The molecule has 0 aromatic heterocycles. The summed E-state index contributed by atoms with van der Waals surface area (Å²) in [5, 5.41) is 15.6. The van der Waals surface area contributed by atoms with Crippen molar-refractivity contribution in [1.29, 1.82) is 0 Å². The summed E-state index contributed by atoms with van der Waals surface area (Å²) in [6, 6.07) is 0.537. The number of hydrogen-bond acceptors (Lipinski definition) is 5. The molecule has 5 aliphatic rings. The lowest BCUT2D eigenvalue weighted by molar-refractivity contribution is -0.928. The third-order valence-electron chi connectivity index (χ3n) is 10.1. The molecule has 4 heterocycles. The highest BCUT2D eigenvalue weighted by atomic mass is 16.3. The van der Waals surface area contributed by atoms with Crippen molar-refractivity contribution in [2.24, 2.45) is 5.92 Å². The number of piperidine rings is 1. The highest BCUT2D eigenvalue weighted by Crippen LogP contribution is 2.28. The fourth-order valence-corrected chi connectivity index (χ4v) is 7.68. The molecule has 0 aromatic carbocycles. The number of likely N-dealkylation sites (N-methyl/N-ethyl adjacent to an activating group) is 1. The molecule has 1 aliphatic carbocycles. The van der Waals surface area contributed by atoms with Crippen LogP contribution in [-0.4, -0.2) is 121 Å². The largest absolute Gasteiger partial charge is 0.393 e. The number of hydrogen-bond donors (Lipinski definition) is 4. The topological polar surface area (TPSA) is 97.2 Å². The van der Waals surface area contributed by atoms with E-state index in [9.17, 15) is 14.7 Å². The van der Waals surface area contributed by atoms with Crippen LogP contribution in [0.5, 0.6) is 0 Å². The lowest BCUT2D eigenvalue weighted by Crippen LogP contribution is -3.18. The summed E-state index contributed by atoms with van der Waals surface area (Å²) in [5.74, 6) is 1.06. The summed E-state index contributed by atoms with van der Waals surface area (Å²) in [4.78, 5) is 34.7. The maximum Gasteiger partial charge on any atom is 0.243 e. The number of aliphatic hydroxyl groups excluding tert-OH is 1. The molecule has 9 heteroatoms. The Morgan fingerprint density at radius 2 is 1.83 bits per heavy atom. The Morgan fingerprint density at radius 3 is 2.56 bits per heavy atom. The predicted octanol–water partition coefficient (Wildman–Crippen LogP) is -2.01. The fourth-order valence-electron chi connectivity index (χ4n) is 7.68. The Morgan fingerprint density at radius 1 is 1.06 bits per heavy atom. The first-order valence-corrected chi connectivity index (χ1v) is 14.9. The van der Waals surface area contributed by atoms with E-state index in [4.69, 9.17) is 0 Å². The third kappa shape index (κ3) is 6.07. The van der Waals surface area contributed by atoms with Gasteiger partial charge in [0, 0.05) is 65.0 Å². The number of nitrogens with two attached hydrogens (primary N) is 1. The van der Waals surface area contributed by atoms with Gasteiger partial charge < -0.3 is 25.5 Å². The molecule has 204 valence electrons. The Bertz CT molecular complexity index is 746. The molecule has 4 aliphatic heterocycles. The van der Waals surface area contributed by atoms with Gasteiger partial charge in [-0.3, -0.25) is 19.4 Å². The summed E-state index contributed by atoms with van der Waals surface area (Å²) in [7, 11) is 2.24. The monoisotopic (exact) mass is 506 g/mol. The Balaban J connectivity index is 1.09. The first-order valence-electron chi connectivity index (χ1n) is 14.9. The van der Waals surface area contributed by atoms with Gasteiger partial charge >= 0.3 is 0 Å². The molecule has 5 atom stereocenters. The molecule has 0 radical (unpaired) electrons. The zero-order chi connectivity index (χ0) is 25.1. The van der Waals surface area contributed by atoms with E-state index < -0.39 is 0 Å². The van der Waals surface area contributed by atoms with Crippen molar-refractivity contribution in [2.75, 3.05) is 59.4 Å². The molecule has 4 saturated heterocycles. The molecule has 2 amide bonds. The molecule has 5 unspecified atom stereocenters. The number of nitrogens with zero attached hydrogens (tertiary/aromatic N) is 3. The SMILES string of the molecule is C[NH+]1C(CCC(=O)N2CCN(C3CCCC[NH2+]3)CC2)CNC(=O)C2C1CCN2CC1CCC(O)CC1. The summed E-state index contributed by atoms with van der Waals surface area (Å²) < 4.78 is 0. The lowest BCUT2D eigenvalue weighted by Gasteiger charge is -2.39. The second-order valence-corrected chi connectivity index (χ2v) is 12.2. The van der Waals surface area contributed by atoms with E-state index in [1.807, 2.05) is 0 Å². The fraction of sp³-hybridized carbons (Fsp3) is 0.926. The number of aliphatic hydroxyl groups is 1. The molecular formula is C27H50N6O3+2. The van der Waals surface area contributed by atoms with Crippen molar-refractivity contribution in [3.05, 3.63) is 0 Å². The highest BCUT2D eigenvalue weighted by Gasteiger charge is 2.48. The number of likely N-dealkylation sites (tertiary alicyclic amines) is 1. The van der Waals surface area contributed by atoms with Gasteiger partial charge in [0.05, 0.1) is 26.2 Å². The minimum atomic E-state index is -0.132. The average molecular weight is 507 g/mol. The first-order chi connectivity index (χ1) is 17.5. The van der Waals surface area contributed by atoms with Gasteiger partial charge in [-0.05, 0) is 44.4 Å². The van der Waals surface area contributed by atoms with Crippen molar-refractivity contribution in [2.45, 2.75) is 94.6 Å². The normalized spacial score (nSPS) is 38.9. The van der Waals surface area contributed by atoms with E-state index in [1.54, 1.807) is 0 Å². The van der Waals surface area contributed by atoms with Crippen LogP contribution < -0.4 is 15.5 Å². The maximum absolute atomic E-state index is 13.1. The average Bonchev–Trinajstić information content (AvgIpc) is 3.28. The first kappa shape index (κ1) is 26.4. The second-order valence-electron chi connectivity index (χ2n) is 12.2. The van der Waals surface area contributed by atoms with Gasteiger partial charge in [0.1, 0.15) is 24.3 Å². The van der Waals surface area contributed by atoms with E-state index in [-0.39, 0.29) is 30.0 Å². The molecular weight excluding hydrogens is 456 g/mol. The predicted molar refractivity (Wildman–Crippen MR) is 137 cm³/mol. The van der Waals surface area contributed by atoms with Crippen LogP contribution >= 0.6 is 0 Å². The van der Waals surface area contributed by atoms with Gasteiger partial charge in [0.15, 0.2) is 0 Å².